The van der Waals surface area contributed by atoms with Crippen molar-refractivity contribution in [2.24, 2.45) is 52.3 Å². The third kappa shape index (κ3) is 4.50. The summed E-state index contributed by atoms with van der Waals surface area (Å²) in [6, 6.07) is 0. The van der Waals surface area contributed by atoms with Crippen LogP contribution in [0, 0.1) is 52.3 Å². The van der Waals surface area contributed by atoms with E-state index < -0.39 is 0 Å². The van der Waals surface area contributed by atoms with Gasteiger partial charge in [0.2, 0.25) is 0 Å². The zero-order chi connectivity index (χ0) is 24.0. The van der Waals surface area contributed by atoms with E-state index in [0.29, 0.717) is 16.7 Å². The van der Waals surface area contributed by atoms with Crippen LogP contribution in [-0.2, 0) is 9.53 Å². The third-order valence-electron chi connectivity index (χ3n) is 11.1. The van der Waals surface area contributed by atoms with Gasteiger partial charge in [0.1, 0.15) is 6.10 Å². The van der Waals surface area contributed by atoms with E-state index in [2.05, 4.69) is 59.8 Å². The van der Waals surface area contributed by atoms with E-state index in [1.165, 1.54) is 44.9 Å². The van der Waals surface area contributed by atoms with Gasteiger partial charge in [-0.15, -0.1) is 0 Å². The second-order valence-corrected chi connectivity index (χ2v) is 13.0. The lowest BCUT2D eigenvalue weighted by Crippen LogP contribution is -2.51. The molecule has 0 aromatic rings. The monoisotopic (exact) mass is 454 g/mol. The van der Waals surface area contributed by atoms with Gasteiger partial charge in [0.05, 0.1) is 0 Å². The molecule has 0 aromatic carbocycles. The van der Waals surface area contributed by atoms with Gasteiger partial charge in [0.25, 0.3) is 0 Å². The number of esters is 1. The normalized spacial score (nSPS) is 42.3. The molecule has 2 heteroatoms. The van der Waals surface area contributed by atoms with Gasteiger partial charge in [-0.05, 0) is 104 Å². The predicted molar refractivity (Wildman–Crippen MR) is 138 cm³/mol. The molecule has 3 saturated carbocycles. The SMILES string of the molecule is CC[C@H](/C=C\[C@H](C)[C@H]1CC[C@@H]2[C@H]3CC=C4C[C@@H](OC(C)=O)CC[C@]4(C)[C@@H]3CC[C@@]21C)C(C)C. The molecule has 4 aliphatic carbocycles. The van der Waals surface area contributed by atoms with Crippen molar-refractivity contribution in [2.75, 3.05) is 0 Å². The fourth-order valence-corrected chi connectivity index (χ4v) is 9.15. The molecule has 2 nitrogen and oxygen atoms in total. The Morgan fingerprint density at radius 3 is 2.52 bits per heavy atom. The lowest BCUT2D eigenvalue weighted by molar-refractivity contribution is -0.148. The van der Waals surface area contributed by atoms with Crippen LogP contribution in [0.3, 0.4) is 0 Å². The summed E-state index contributed by atoms with van der Waals surface area (Å²) in [5.41, 5.74) is 2.44. The van der Waals surface area contributed by atoms with Crippen molar-refractivity contribution in [3.63, 3.8) is 0 Å². The number of hydrogen-bond acceptors (Lipinski definition) is 2. The Hall–Kier alpha value is -1.05. The Kier molecular flexibility index (Phi) is 7.24. The number of carbonyl (C=O) groups excluding carboxylic acids is 1. The van der Waals surface area contributed by atoms with Crippen molar-refractivity contribution < 1.29 is 9.53 Å². The van der Waals surface area contributed by atoms with Gasteiger partial charge in [0.15, 0.2) is 0 Å². The van der Waals surface area contributed by atoms with Crippen molar-refractivity contribution in [3.8, 4) is 0 Å². The lowest BCUT2D eigenvalue weighted by Gasteiger charge is -2.58. The first kappa shape index (κ1) is 25.1. The second-order valence-electron chi connectivity index (χ2n) is 13.0. The number of carbonyl (C=O) groups is 1. The maximum absolute atomic E-state index is 11.5. The smallest absolute Gasteiger partial charge is 0.302 e. The summed E-state index contributed by atoms with van der Waals surface area (Å²) in [6.07, 6.45) is 19.2. The Labute approximate surface area is 204 Å². The molecule has 3 fully saturated rings. The molecule has 0 spiro atoms. The highest BCUT2D eigenvalue weighted by Crippen LogP contribution is 2.67. The summed E-state index contributed by atoms with van der Waals surface area (Å²) < 4.78 is 5.62. The van der Waals surface area contributed by atoms with Gasteiger partial charge in [-0.1, -0.05) is 65.3 Å². The minimum absolute atomic E-state index is 0.105. The molecule has 0 N–H and O–H groups in total. The Morgan fingerprint density at radius 2 is 1.85 bits per heavy atom. The zero-order valence-electron chi connectivity index (χ0n) is 22.5. The highest BCUT2D eigenvalue weighted by atomic mass is 16.5. The molecule has 4 rings (SSSR count). The minimum Gasteiger partial charge on any atom is -0.462 e. The Balaban J connectivity index is 1.49. The molecule has 0 heterocycles. The first-order valence-corrected chi connectivity index (χ1v) is 14.1. The second kappa shape index (κ2) is 9.54. The van der Waals surface area contributed by atoms with Crippen LogP contribution in [0.15, 0.2) is 23.8 Å². The van der Waals surface area contributed by atoms with Gasteiger partial charge in [0, 0.05) is 13.3 Å². The van der Waals surface area contributed by atoms with Crippen LogP contribution in [-0.4, -0.2) is 12.1 Å². The average Bonchev–Trinajstić information content (AvgIpc) is 3.11. The maximum atomic E-state index is 11.5. The maximum Gasteiger partial charge on any atom is 0.302 e. The number of allylic oxidation sites excluding steroid dienone is 3. The van der Waals surface area contributed by atoms with E-state index >= 15 is 0 Å². The molecule has 0 unspecified atom stereocenters. The first-order valence-electron chi connectivity index (χ1n) is 14.1. The van der Waals surface area contributed by atoms with Gasteiger partial charge in [-0.3, -0.25) is 4.79 Å². The average molecular weight is 455 g/mol. The van der Waals surface area contributed by atoms with E-state index in [4.69, 9.17) is 4.74 Å². The quantitative estimate of drug-likeness (QED) is 0.297. The van der Waals surface area contributed by atoms with Crippen LogP contribution in [0.25, 0.3) is 0 Å². The predicted octanol–water partition coefficient (Wildman–Crippen LogP) is 8.37. The van der Waals surface area contributed by atoms with Crippen LogP contribution in [0.5, 0.6) is 0 Å². The van der Waals surface area contributed by atoms with Gasteiger partial charge in [-0.25, -0.2) is 0 Å². The van der Waals surface area contributed by atoms with Crippen LogP contribution in [0.4, 0.5) is 0 Å². The zero-order valence-corrected chi connectivity index (χ0v) is 22.5. The molecule has 0 radical (unpaired) electrons. The summed E-state index contributed by atoms with van der Waals surface area (Å²) in [5.74, 6) is 5.41. The lowest BCUT2D eigenvalue weighted by atomic mass is 9.47. The van der Waals surface area contributed by atoms with E-state index in [1.807, 2.05) is 0 Å². The van der Waals surface area contributed by atoms with Crippen molar-refractivity contribution in [1.82, 2.24) is 0 Å². The molecule has 0 aromatic heterocycles. The molecular formula is C31H50O2. The first-order chi connectivity index (χ1) is 15.6. The van der Waals surface area contributed by atoms with Crippen LogP contribution in [0.1, 0.15) is 106 Å². The molecule has 0 amide bonds. The summed E-state index contributed by atoms with van der Waals surface area (Å²) in [7, 11) is 0. The molecule has 4 aliphatic rings. The van der Waals surface area contributed by atoms with Crippen molar-refractivity contribution in [2.45, 2.75) is 112 Å². The van der Waals surface area contributed by atoms with E-state index in [0.717, 1.165) is 48.3 Å². The number of hydrogen-bond donors (Lipinski definition) is 0. The number of rotatable bonds is 6. The van der Waals surface area contributed by atoms with Gasteiger partial charge >= 0.3 is 5.97 Å². The molecule has 0 aliphatic heterocycles. The Morgan fingerprint density at radius 1 is 1.09 bits per heavy atom. The number of fused-ring (bicyclic) bond motifs is 5. The molecule has 0 saturated heterocycles. The van der Waals surface area contributed by atoms with E-state index in [9.17, 15) is 4.79 Å². The molecule has 0 bridgehead atoms. The van der Waals surface area contributed by atoms with Crippen molar-refractivity contribution >= 4 is 5.97 Å². The summed E-state index contributed by atoms with van der Waals surface area (Å²) in [6.45, 7) is 16.3. The summed E-state index contributed by atoms with van der Waals surface area (Å²) in [4.78, 5) is 11.5. The van der Waals surface area contributed by atoms with Crippen LogP contribution >= 0.6 is 0 Å². The van der Waals surface area contributed by atoms with Gasteiger partial charge in [-0.2, -0.15) is 0 Å². The van der Waals surface area contributed by atoms with Crippen molar-refractivity contribution in [1.29, 1.82) is 0 Å². The fraction of sp³-hybridized carbons (Fsp3) is 0.839. The molecular weight excluding hydrogens is 404 g/mol. The van der Waals surface area contributed by atoms with E-state index in [-0.39, 0.29) is 12.1 Å². The standard InChI is InChI=1S/C31H50O2/c1-8-23(20(2)3)10-9-21(4)27-13-14-28-26-12-11-24-19-25(33-22(5)32)15-17-30(24,6)29(26)16-18-31(27,28)7/h9-11,20-21,23,25-29H,8,12-19H2,1-7H3/b10-9-/t21-,23+,25-,26+,27+,28+,29+,30-,31+/m0/s1. The molecule has 9 atom stereocenters. The highest BCUT2D eigenvalue weighted by molar-refractivity contribution is 5.66. The van der Waals surface area contributed by atoms with Crippen LogP contribution < -0.4 is 0 Å². The van der Waals surface area contributed by atoms with Gasteiger partial charge < -0.3 is 4.74 Å². The highest BCUT2D eigenvalue weighted by Gasteiger charge is 2.59. The topological polar surface area (TPSA) is 26.3 Å². The third-order valence-corrected chi connectivity index (χ3v) is 11.1. The fourth-order valence-electron chi connectivity index (χ4n) is 9.15. The minimum atomic E-state index is -0.120. The summed E-state index contributed by atoms with van der Waals surface area (Å²) >= 11 is 0. The largest absolute Gasteiger partial charge is 0.462 e. The number of ether oxygens (including phenoxy) is 1. The molecule has 186 valence electrons. The van der Waals surface area contributed by atoms with Crippen LogP contribution in [0.2, 0.25) is 0 Å². The summed E-state index contributed by atoms with van der Waals surface area (Å²) in [5, 5.41) is 0. The Bertz CT molecular complexity index is 778. The van der Waals surface area contributed by atoms with Crippen molar-refractivity contribution in [3.05, 3.63) is 23.8 Å². The van der Waals surface area contributed by atoms with E-state index in [1.54, 1.807) is 12.5 Å². The molecule has 33 heavy (non-hydrogen) atoms.